The van der Waals surface area contributed by atoms with E-state index in [1.807, 2.05) is 31.2 Å². The number of amides is 2. The monoisotopic (exact) mass is 397 g/mol. The Balaban J connectivity index is 1.57. The highest BCUT2D eigenvalue weighted by atomic mass is 32.2. The minimum Gasteiger partial charge on any atom is -0.492 e. The van der Waals surface area contributed by atoms with Gasteiger partial charge in [-0.1, -0.05) is 47.7 Å². The molecule has 0 aromatic heterocycles. The number of amidine groups is 1. The van der Waals surface area contributed by atoms with Crippen molar-refractivity contribution in [3.8, 4) is 5.75 Å². The van der Waals surface area contributed by atoms with Gasteiger partial charge in [-0.3, -0.25) is 9.59 Å². The highest BCUT2D eigenvalue weighted by molar-refractivity contribution is 8.15. The Bertz CT molecular complexity index is 976. The minimum absolute atomic E-state index is 0.0508. The van der Waals surface area contributed by atoms with Gasteiger partial charge < -0.3 is 20.5 Å². The molecular formula is C20H19N3O4S. The van der Waals surface area contributed by atoms with Crippen molar-refractivity contribution in [2.45, 2.75) is 17.8 Å². The van der Waals surface area contributed by atoms with E-state index in [0.717, 1.165) is 17.3 Å². The van der Waals surface area contributed by atoms with Gasteiger partial charge in [-0.15, -0.1) is 0 Å². The smallest absolute Gasteiger partial charge is 0.265 e. The Labute approximate surface area is 166 Å². The molecule has 144 valence electrons. The van der Waals surface area contributed by atoms with Gasteiger partial charge in [-0.25, -0.2) is 0 Å². The summed E-state index contributed by atoms with van der Waals surface area (Å²) in [7, 11) is 0. The lowest BCUT2D eigenvalue weighted by Gasteiger charge is -2.26. The third-order valence-corrected chi connectivity index (χ3v) is 5.96. The molecule has 0 spiro atoms. The van der Waals surface area contributed by atoms with E-state index in [9.17, 15) is 14.7 Å². The predicted molar refractivity (Wildman–Crippen MR) is 107 cm³/mol. The summed E-state index contributed by atoms with van der Waals surface area (Å²) in [6.07, 6.45) is 0. The summed E-state index contributed by atoms with van der Waals surface area (Å²) in [5.41, 5.74) is 5.69. The maximum Gasteiger partial charge on any atom is 0.265 e. The summed E-state index contributed by atoms with van der Waals surface area (Å²) >= 11 is 0.911. The zero-order chi connectivity index (χ0) is 19.9. The van der Waals surface area contributed by atoms with Crippen LogP contribution in [-0.2, 0) is 15.2 Å². The van der Waals surface area contributed by atoms with Crippen molar-refractivity contribution in [1.29, 1.82) is 0 Å². The van der Waals surface area contributed by atoms with Crippen LogP contribution in [0.4, 0.5) is 5.69 Å². The van der Waals surface area contributed by atoms with E-state index in [2.05, 4.69) is 4.99 Å². The number of rotatable bonds is 5. The summed E-state index contributed by atoms with van der Waals surface area (Å²) < 4.78 is 5.73. The van der Waals surface area contributed by atoms with Crippen molar-refractivity contribution in [3.63, 3.8) is 0 Å². The molecule has 0 radical (unpaired) electrons. The summed E-state index contributed by atoms with van der Waals surface area (Å²) in [6, 6.07) is 14.5. The number of ether oxygens (including phenoxy) is 1. The molecule has 2 heterocycles. The molecule has 0 aliphatic carbocycles. The number of nitrogens with zero attached hydrogens (tertiary/aromatic N) is 2. The number of fused-ring (bicyclic) bond motifs is 1. The van der Waals surface area contributed by atoms with E-state index < -0.39 is 22.7 Å². The number of nitrogens with two attached hydrogens (primary N) is 1. The molecule has 2 aromatic carbocycles. The fourth-order valence-electron chi connectivity index (χ4n) is 3.46. The molecule has 2 unspecified atom stereocenters. The third kappa shape index (κ3) is 2.94. The number of benzene rings is 2. The molecule has 2 aromatic rings. The molecule has 2 aliphatic rings. The molecule has 7 nitrogen and oxygen atoms in total. The maximum absolute atomic E-state index is 13.2. The van der Waals surface area contributed by atoms with Crippen LogP contribution in [0, 0.1) is 6.92 Å². The molecule has 3 N–H and O–H groups in total. The first-order chi connectivity index (χ1) is 13.4. The highest BCUT2D eigenvalue weighted by Crippen LogP contribution is 2.47. The molecule has 2 atom stereocenters. The SMILES string of the molecule is Cc1ccc(OCCN2C(=O)C(O)(C3SC(N)=NC3=O)c3ccccc32)cc1. The van der Waals surface area contributed by atoms with Gasteiger partial charge in [-0.05, 0) is 25.1 Å². The second kappa shape index (κ2) is 6.96. The molecule has 0 bridgehead atoms. The largest absolute Gasteiger partial charge is 0.492 e. The van der Waals surface area contributed by atoms with Gasteiger partial charge in [0.25, 0.3) is 11.8 Å². The first-order valence-corrected chi connectivity index (χ1v) is 9.67. The normalized spacial score (nSPS) is 23.7. The number of carbonyl (C=O) groups excluding carboxylic acids is 2. The van der Waals surface area contributed by atoms with Crippen LogP contribution in [0.15, 0.2) is 53.5 Å². The minimum atomic E-state index is -2.01. The summed E-state index contributed by atoms with van der Waals surface area (Å²) in [5, 5.41) is 10.3. The number of thioether (sulfide) groups is 1. The van der Waals surface area contributed by atoms with Gasteiger partial charge in [0.05, 0.1) is 12.2 Å². The topological polar surface area (TPSA) is 105 Å². The molecule has 2 amide bonds. The number of hydrogen-bond acceptors (Lipinski definition) is 6. The number of hydrogen-bond donors (Lipinski definition) is 2. The van der Waals surface area contributed by atoms with Crippen molar-refractivity contribution in [1.82, 2.24) is 0 Å². The standard InChI is InChI=1S/C20H19N3O4S/c1-12-6-8-13(9-7-12)27-11-10-23-15-5-3-2-4-14(15)20(26,18(23)25)16-17(24)22-19(21)28-16/h2-9,16,26H,10-11H2,1H3,(H2,21,22,24). The van der Waals surface area contributed by atoms with Crippen molar-refractivity contribution in [2.75, 3.05) is 18.1 Å². The molecule has 0 fully saturated rings. The summed E-state index contributed by atoms with van der Waals surface area (Å²) in [5.74, 6) is -0.480. The molecule has 0 saturated heterocycles. The lowest BCUT2D eigenvalue weighted by atomic mass is 9.91. The quantitative estimate of drug-likeness (QED) is 0.793. The Kier molecular flexibility index (Phi) is 4.60. The van der Waals surface area contributed by atoms with Gasteiger partial charge in [0.1, 0.15) is 17.6 Å². The van der Waals surface area contributed by atoms with Crippen LogP contribution in [0.3, 0.4) is 0 Å². The Morgan fingerprint density at radius 2 is 1.93 bits per heavy atom. The zero-order valence-electron chi connectivity index (χ0n) is 15.2. The average Bonchev–Trinajstić information content (AvgIpc) is 3.13. The Morgan fingerprint density at radius 1 is 1.21 bits per heavy atom. The van der Waals surface area contributed by atoms with E-state index in [-0.39, 0.29) is 18.3 Å². The van der Waals surface area contributed by atoms with E-state index in [0.29, 0.717) is 17.0 Å². The zero-order valence-corrected chi connectivity index (χ0v) is 16.0. The number of aliphatic imine (C=N–C) groups is 1. The predicted octanol–water partition coefficient (Wildman–Crippen LogP) is 1.56. The van der Waals surface area contributed by atoms with E-state index in [1.54, 1.807) is 24.3 Å². The van der Waals surface area contributed by atoms with Crippen molar-refractivity contribution < 1.29 is 19.4 Å². The van der Waals surface area contributed by atoms with Crippen LogP contribution in [0.25, 0.3) is 0 Å². The molecule has 4 rings (SSSR count). The van der Waals surface area contributed by atoms with Crippen LogP contribution < -0.4 is 15.4 Å². The number of anilines is 1. The van der Waals surface area contributed by atoms with Gasteiger partial charge in [0, 0.05) is 5.56 Å². The van der Waals surface area contributed by atoms with Crippen LogP contribution in [-0.4, -0.2) is 40.5 Å². The molecule has 28 heavy (non-hydrogen) atoms. The Hall–Kier alpha value is -2.84. The molecule has 2 aliphatic heterocycles. The average molecular weight is 397 g/mol. The van der Waals surface area contributed by atoms with E-state index in [1.165, 1.54) is 4.90 Å². The fraction of sp³-hybridized carbons (Fsp3) is 0.250. The fourth-order valence-corrected chi connectivity index (χ4v) is 4.39. The van der Waals surface area contributed by atoms with Gasteiger partial charge in [0.2, 0.25) is 0 Å². The van der Waals surface area contributed by atoms with E-state index in [4.69, 9.17) is 10.5 Å². The number of carbonyl (C=O) groups is 2. The Morgan fingerprint density at radius 3 is 2.61 bits per heavy atom. The van der Waals surface area contributed by atoms with Gasteiger partial charge in [-0.2, -0.15) is 4.99 Å². The summed E-state index contributed by atoms with van der Waals surface area (Å²) in [4.78, 5) is 30.5. The van der Waals surface area contributed by atoms with Gasteiger partial charge >= 0.3 is 0 Å². The van der Waals surface area contributed by atoms with Crippen molar-refractivity contribution in [2.24, 2.45) is 10.7 Å². The van der Waals surface area contributed by atoms with Crippen LogP contribution >= 0.6 is 11.8 Å². The third-order valence-electron chi connectivity index (χ3n) is 4.84. The second-order valence-electron chi connectivity index (χ2n) is 6.69. The first-order valence-electron chi connectivity index (χ1n) is 8.79. The number of para-hydroxylation sites is 1. The molecule has 0 saturated carbocycles. The van der Waals surface area contributed by atoms with Crippen LogP contribution in [0.1, 0.15) is 11.1 Å². The summed E-state index contributed by atoms with van der Waals surface area (Å²) in [6.45, 7) is 2.46. The van der Waals surface area contributed by atoms with Crippen molar-refractivity contribution >= 4 is 34.4 Å². The van der Waals surface area contributed by atoms with Crippen molar-refractivity contribution in [3.05, 3.63) is 59.7 Å². The highest BCUT2D eigenvalue weighted by Gasteiger charge is 2.59. The maximum atomic E-state index is 13.2. The molecular weight excluding hydrogens is 378 g/mol. The second-order valence-corrected chi connectivity index (χ2v) is 7.81. The lowest BCUT2D eigenvalue weighted by molar-refractivity contribution is -0.140. The number of aliphatic hydroxyl groups is 1. The molecule has 8 heteroatoms. The number of aryl methyl sites for hydroxylation is 1. The van der Waals surface area contributed by atoms with Crippen LogP contribution in [0.2, 0.25) is 0 Å². The van der Waals surface area contributed by atoms with E-state index >= 15 is 0 Å². The lowest BCUT2D eigenvalue weighted by Crippen LogP contribution is -2.50. The van der Waals surface area contributed by atoms with Gasteiger partial charge in [0.15, 0.2) is 10.8 Å². The van der Waals surface area contributed by atoms with Crippen LogP contribution in [0.5, 0.6) is 5.75 Å². The first kappa shape index (κ1) is 18.5.